The number of nitrogens with zero attached hydrogens (tertiary/aromatic N) is 3. The predicted molar refractivity (Wildman–Crippen MR) is 147 cm³/mol. The molecule has 2 rings (SSSR count). The number of amides is 1. The minimum absolute atomic E-state index is 0.00286. The molecule has 1 N–H and O–H groups in total. The van der Waals surface area contributed by atoms with E-state index in [9.17, 15) is 24.0 Å². The lowest BCUT2D eigenvalue weighted by Crippen LogP contribution is -2.43. The van der Waals surface area contributed by atoms with Crippen LogP contribution in [0.25, 0.3) is 0 Å². The van der Waals surface area contributed by atoms with Crippen molar-refractivity contribution in [3.63, 3.8) is 0 Å². The Bertz CT molecular complexity index is 1220. The van der Waals surface area contributed by atoms with Gasteiger partial charge in [-0.25, -0.2) is 4.98 Å². The van der Waals surface area contributed by atoms with E-state index < -0.39 is 23.3 Å². The standard InChI is InChI=1S/C29H40N4O6/c1-6-21(7-2)11-12-23(34)18-33-15-9-10-22(29(33)38)16-27(36)24(13-14-26(35)20(4)39-8-3)31-28(37)25-17-30-19-32(25)5/h9-10,15,17,19,21,24H,4,6-8,11-14,16,18H2,1-3,5H3,(H,31,37)/t24-/m0/s1. The molecule has 2 aromatic heterocycles. The van der Waals surface area contributed by atoms with Crippen LogP contribution in [0.15, 0.2) is 48.0 Å². The van der Waals surface area contributed by atoms with E-state index in [2.05, 4.69) is 30.7 Å². The van der Waals surface area contributed by atoms with Gasteiger partial charge in [0.25, 0.3) is 11.5 Å². The monoisotopic (exact) mass is 540 g/mol. The first-order valence-corrected chi connectivity index (χ1v) is 13.5. The summed E-state index contributed by atoms with van der Waals surface area (Å²) in [6.07, 6.45) is 7.21. The minimum Gasteiger partial charge on any atom is -0.491 e. The molecule has 0 aliphatic heterocycles. The van der Waals surface area contributed by atoms with Crippen LogP contribution in [0.2, 0.25) is 0 Å². The van der Waals surface area contributed by atoms with Gasteiger partial charge >= 0.3 is 0 Å². The number of aryl methyl sites for hydroxylation is 1. The number of rotatable bonds is 18. The number of imidazole rings is 1. The SMILES string of the molecule is C=C(OCC)C(=O)CC[C@H](NC(=O)c1cncn1C)C(=O)Cc1cccn(CC(=O)CCC(CC)CC)c1=O. The van der Waals surface area contributed by atoms with E-state index in [0.717, 1.165) is 19.3 Å². The Morgan fingerprint density at radius 2 is 1.82 bits per heavy atom. The smallest absolute Gasteiger partial charge is 0.270 e. The zero-order valence-corrected chi connectivity index (χ0v) is 23.4. The number of pyridine rings is 1. The maximum absolute atomic E-state index is 13.3. The Morgan fingerprint density at radius 3 is 2.44 bits per heavy atom. The van der Waals surface area contributed by atoms with Gasteiger partial charge in [0.2, 0.25) is 0 Å². The Morgan fingerprint density at radius 1 is 1.10 bits per heavy atom. The second-order valence-electron chi connectivity index (χ2n) is 9.60. The highest BCUT2D eigenvalue weighted by atomic mass is 16.5. The quantitative estimate of drug-likeness (QED) is 0.227. The fourth-order valence-electron chi connectivity index (χ4n) is 4.28. The number of carbonyl (C=O) groups excluding carboxylic acids is 4. The number of aromatic nitrogens is 3. The maximum Gasteiger partial charge on any atom is 0.270 e. The lowest BCUT2D eigenvalue weighted by molar-refractivity contribution is -0.121. The van der Waals surface area contributed by atoms with Crippen LogP contribution in [-0.2, 0) is 39.1 Å². The van der Waals surface area contributed by atoms with Crippen LogP contribution in [-0.4, -0.2) is 50.0 Å². The van der Waals surface area contributed by atoms with Crippen molar-refractivity contribution < 1.29 is 23.9 Å². The predicted octanol–water partition coefficient (Wildman–Crippen LogP) is 3.18. The van der Waals surface area contributed by atoms with Crippen LogP contribution in [0.4, 0.5) is 0 Å². The van der Waals surface area contributed by atoms with E-state index in [0.29, 0.717) is 12.3 Å². The minimum atomic E-state index is -1.04. The molecule has 2 heterocycles. The Labute approximate surface area is 229 Å². The summed E-state index contributed by atoms with van der Waals surface area (Å²) >= 11 is 0. The molecular weight excluding hydrogens is 500 g/mol. The normalized spacial score (nSPS) is 11.7. The van der Waals surface area contributed by atoms with Crippen molar-refractivity contribution in [2.75, 3.05) is 6.61 Å². The average Bonchev–Trinajstić information content (AvgIpc) is 3.35. The van der Waals surface area contributed by atoms with Gasteiger partial charge in [-0.05, 0) is 31.7 Å². The summed E-state index contributed by atoms with van der Waals surface area (Å²) in [6.45, 7) is 9.75. The number of allylic oxidation sites excluding steroid dienone is 1. The molecule has 0 spiro atoms. The molecule has 0 aliphatic rings. The molecule has 39 heavy (non-hydrogen) atoms. The van der Waals surface area contributed by atoms with Crippen molar-refractivity contribution in [3.8, 4) is 0 Å². The van der Waals surface area contributed by atoms with Crippen LogP contribution in [0.1, 0.15) is 75.3 Å². The van der Waals surface area contributed by atoms with Gasteiger partial charge in [0.15, 0.2) is 23.1 Å². The highest BCUT2D eigenvalue weighted by molar-refractivity contribution is 5.98. The molecule has 1 amide bonds. The van der Waals surface area contributed by atoms with Crippen LogP contribution >= 0.6 is 0 Å². The van der Waals surface area contributed by atoms with Gasteiger partial charge in [-0.1, -0.05) is 39.3 Å². The Kier molecular flexibility index (Phi) is 12.5. The number of ether oxygens (including phenoxy) is 1. The van der Waals surface area contributed by atoms with Crippen LogP contribution in [0.3, 0.4) is 0 Å². The molecule has 0 saturated carbocycles. The second kappa shape index (κ2) is 15.6. The number of carbonyl (C=O) groups is 4. The molecule has 0 saturated heterocycles. The van der Waals surface area contributed by atoms with Gasteiger partial charge in [-0.15, -0.1) is 0 Å². The highest BCUT2D eigenvalue weighted by Gasteiger charge is 2.25. The number of hydrogen-bond donors (Lipinski definition) is 1. The summed E-state index contributed by atoms with van der Waals surface area (Å²) in [6, 6.07) is 2.12. The molecule has 0 fully saturated rings. The van der Waals surface area contributed by atoms with E-state index in [1.165, 1.54) is 33.9 Å². The molecular formula is C29H40N4O6. The van der Waals surface area contributed by atoms with Crippen molar-refractivity contribution in [1.82, 2.24) is 19.4 Å². The van der Waals surface area contributed by atoms with Crippen LogP contribution in [0.5, 0.6) is 0 Å². The number of hydrogen-bond acceptors (Lipinski definition) is 7. The molecule has 0 aliphatic carbocycles. The van der Waals surface area contributed by atoms with Crippen molar-refractivity contribution in [2.24, 2.45) is 13.0 Å². The van der Waals surface area contributed by atoms with E-state index >= 15 is 0 Å². The Balaban J connectivity index is 2.16. The third-order valence-corrected chi connectivity index (χ3v) is 6.83. The first kappa shape index (κ1) is 31.4. The molecule has 0 bridgehead atoms. The van der Waals surface area contributed by atoms with Crippen molar-refractivity contribution >= 4 is 23.3 Å². The number of nitrogens with one attached hydrogen (secondary N) is 1. The van der Waals surface area contributed by atoms with Gasteiger partial charge < -0.3 is 19.2 Å². The largest absolute Gasteiger partial charge is 0.491 e. The van der Waals surface area contributed by atoms with E-state index in [1.807, 2.05) is 0 Å². The number of Topliss-reactive ketones (excluding diaryl/α,β-unsaturated/α-hetero) is 3. The van der Waals surface area contributed by atoms with E-state index in [1.54, 1.807) is 20.0 Å². The average molecular weight is 541 g/mol. The third kappa shape index (κ3) is 9.46. The third-order valence-electron chi connectivity index (χ3n) is 6.83. The van der Waals surface area contributed by atoms with E-state index in [4.69, 9.17) is 4.74 Å². The van der Waals surface area contributed by atoms with Gasteiger partial charge in [-0.3, -0.25) is 24.0 Å². The van der Waals surface area contributed by atoms with Gasteiger partial charge in [-0.2, -0.15) is 0 Å². The second-order valence-corrected chi connectivity index (χ2v) is 9.60. The summed E-state index contributed by atoms with van der Waals surface area (Å²) in [5.41, 5.74) is 0.0196. The fraction of sp³-hybridized carbons (Fsp3) is 0.517. The van der Waals surface area contributed by atoms with Gasteiger partial charge in [0.05, 0.1) is 31.7 Å². The fourth-order valence-corrected chi connectivity index (χ4v) is 4.28. The summed E-state index contributed by atoms with van der Waals surface area (Å²) in [5, 5.41) is 2.68. The summed E-state index contributed by atoms with van der Waals surface area (Å²) in [7, 11) is 1.65. The molecule has 0 aromatic carbocycles. The lowest BCUT2D eigenvalue weighted by Gasteiger charge is -2.18. The molecule has 1 atom stereocenters. The molecule has 10 nitrogen and oxygen atoms in total. The molecule has 0 unspecified atom stereocenters. The lowest BCUT2D eigenvalue weighted by atomic mass is 9.96. The molecule has 0 radical (unpaired) electrons. The van der Waals surface area contributed by atoms with E-state index in [-0.39, 0.29) is 61.0 Å². The van der Waals surface area contributed by atoms with Gasteiger partial charge in [0, 0.05) is 38.1 Å². The van der Waals surface area contributed by atoms with Crippen molar-refractivity contribution in [3.05, 3.63) is 64.8 Å². The van der Waals surface area contributed by atoms with Crippen LogP contribution in [0, 0.1) is 5.92 Å². The molecule has 2 aromatic rings. The van der Waals surface area contributed by atoms with Crippen molar-refractivity contribution in [1.29, 1.82) is 0 Å². The molecule has 10 heteroatoms. The Hall–Kier alpha value is -3.82. The number of ketones is 3. The zero-order valence-electron chi connectivity index (χ0n) is 23.4. The maximum atomic E-state index is 13.3. The van der Waals surface area contributed by atoms with Gasteiger partial charge in [0.1, 0.15) is 5.69 Å². The first-order valence-electron chi connectivity index (χ1n) is 13.5. The summed E-state index contributed by atoms with van der Waals surface area (Å²) in [5.74, 6) is -0.916. The first-order chi connectivity index (χ1) is 18.6. The topological polar surface area (TPSA) is 129 Å². The summed E-state index contributed by atoms with van der Waals surface area (Å²) in [4.78, 5) is 68.0. The molecule has 212 valence electrons. The zero-order chi connectivity index (χ0) is 28.9. The van der Waals surface area contributed by atoms with Crippen molar-refractivity contribution in [2.45, 2.75) is 78.3 Å². The highest BCUT2D eigenvalue weighted by Crippen LogP contribution is 2.15. The summed E-state index contributed by atoms with van der Waals surface area (Å²) < 4.78 is 7.98. The van der Waals surface area contributed by atoms with Crippen LogP contribution < -0.4 is 10.9 Å².